The third-order valence-corrected chi connectivity index (χ3v) is 4.22. The number of hydrogen-bond acceptors (Lipinski definition) is 3. The van der Waals surface area contributed by atoms with Gasteiger partial charge in [0.2, 0.25) is 0 Å². The van der Waals surface area contributed by atoms with E-state index in [1.807, 2.05) is 36.4 Å². The molecule has 0 radical (unpaired) electrons. The molecule has 0 bridgehead atoms. The number of benzene rings is 1. The van der Waals surface area contributed by atoms with E-state index in [2.05, 4.69) is 6.92 Å². The third kappa shape index (κ3) is 4.16. The maximum Gasteiger partial charge on any atom is 0.198 e. The fraction of sp³-hybridized carbons (Fsp3) is 0.267. The first-order chi connectivity index (χ1) is 9.19. The summed E-state index contributed by atoms with van der Waals surface area (Å²) in [5.74, 6) is 0.0404. The second kappa shape index (κ2) is 6.85. The zero-order valence-corrected chi connectivity index (χ0v) is 12.3. The molecule has 2 nitrogen and oxygen atoms in total. The molecule has 0 atom stereocenters. The van der Waals surface area contributed by atoms with Crippen LogP contribution in [0.3, 0.4) is 0 Å². The summed E-state index contributed by atoms with van der Waals surface area (Å²) >= 11 is 7.34. The van der Waals surface area contributed by atoms with Gasteiger partial charge in [0, 0.05) is 9.90 Å². The highest BCUT2D eigenvalue weighted by molar-refractivity contribution is 7.14. The smallest absolute Gasteiger partial charge is 0.198 e. The Morgan fingerprint density at radius 1 is 1.21 bits per heavy atom. The molecule has 0 aliphatic heterocycles. The lowest BCUT2D eigenvalue weighted by Crippen LogP contribution is -2.07. The fourth-order valence-corrected chi connectivity index (χ4v) is 2.63. The molecule has 1 heterocycles. The van der Waals surface area contributed by atoms with Crippen LogP contribution in [0, 0.1) is 0 Å². The SMILES string of the molecule is CCc1ccc(C(=O)COCc2ccc(Cl)cc2)s1. The van der Waals surface area contributed by atoms with Crippen molar-refractivity contribution in [1.29, 1.82) is 0 Å². The van der Waals surface area contributed by atoms with Crippen LogP contribution in [0.2, 0.25) is 5.02 Å². The van der Waals surface area contributed by atoms with Gasteiger partial charge < -0.3 is 4.74 Å². The van der Waals surface area contributed by atoms with Crippen LogP contribution in [0.1, 0.15) is 27.0 Å². The Morgan fingerprint density at radius 3 is 2.58 bits per heavy atom. The summed E-state index contributed by atoms with van der Waals surface area (Å²) in [5.41, 5.74) is 1.01. The van der Waals surface area contributed by atoms with Gasteiger partial charge in [-0.2, -0.15) is 0 Å². The van der Waals surface area contributed by atoms with Crippen molar-refractivity contribution in [3.8, 4) is 0 Å². The molecular formula is C15H15ClO2S. The van der Waals surface area contributed by atoms with Crippen LogP contribution in [0.5, 0.6) is 0 Å². The van der Waals surface area contributed by atoms with Crippen LogP contribution in [-0.4, -0.2) is 12.4 Å². The van der Waals surface area contributed by atoms with E-state index in [0.717, 1.165) is 16.9 Å². The molecule has 0 amide bonds. The summed E-state index contributed by atoms with van der Waals surface area (Å²) in [6.07, 6.45) is 0.962. The fourth-order valence-electron chi connectivity index (χ4n) is 1.63. The van der Waals surface area contributed by atoms with E-state index in [0.29, 0.717) is 11.6 Å². The van der Waals surface area contributed by atoms with Crippen molar-refractivity contribution in [2.24, 2.45) is 0 Å². The van der Waals surface area contributed by atoms with E-state index in [9.17, 15) is 4.79 Å². The van der Waals surface area contributed by atoms with Gasteiger partial charge in [-0.1, -0.05) is 30.7 Å². The second-order valence-electron chi connectivity index (χ2n) is 4.16. The molecule has 2 aromatic rings. The molecular weight excluding hydrogens is 280 g/mol. The number of ketones is 1. The lowest BCUT2D eigenvalue weighted by Gasteiger charge is -2.03. The Hall–Kier alpha value is -1.16. The molecule has 0 fully saturated rings. The molecule has 100 valence electrons. The highest BCUT2D eigenvalue weighted by Gasteiger charge is 2.09. The lowest BCUT2D eigenvalue weighted by molar-refractivity contribution is 0.0730. The van der Waals surface area contributed by atoms with Crippen molar-refractivity contribution in [3.63, 3.8) is 0 Å². The zero-order chi connectivity index (χ0) is 13.7. The number of Topliss-reactive ketones (excluding diaryl/α,β-unsaturated/α-hetero) is 1. The van der Waals surface area contributed by atoms with Gasteiger partial charge in [-0.05, 0) is 36.2 Å². The third-order valence-electron chi connectivity index (χ3n) is 2.70. The standard InChI is InChI=1S/C15H15ClO2S/c1-2-13-7-8-15(19-13)14(17)10-18-9-11-3-5-12(16)6-4-11/h3-8H,2,9-10H2,1H3. The van der Waals surface area contributed by atoms with Gasteiger partial charge in [-0.15, -0.1) is 11.3 Å². The summed E-state index contributed by atoms with van der Waals surface area (Å²) in [4.78, 5) is 13.9. The first-order valence-electron chi connectivity index (χ1n) is 6.13. The topological polar surface area (TPSA) is 26.3 Å². The minimum atomic E-state index is 0.0404. The molecule has 1 aromatic heterocycles. The number of halogens is 1. The Morgan fingerprint density at radius 2 is 1.95 bits per heavy atom. The number of aryl methyl sites for hydroxylation is 1. The van der Waals surface area contributed by atoms with Crippen molar-refractivity contribution in [2.45, 2.75) is 20.0 Å². The zero-order valence-electron chi connectivity index (χ0n) is 10.7. The maximum atomic E-state index is 11.9. The van der Waals surface area contributed by atoms with Crippen LogP contribution < -0.4 is 0 Å². The maximum absolute atomic E-state index is 11.9. The number of carbonyl (C=O) groups is 1. The van der Waals surface area contributed by atoms with Crippen LogP contribution in [0.25, 0.3) is 0 Å². The molecule has 19 heavy (non-hydrogen) atoms. The van der Waals surface area contributed by atoms with Crippen LogP contribution in [-0.2, 0) is 17.8 Å². The quantitative estimate of drug-likeness (QED) is 0.740. The highest BCUT2D eigenvalue weighted by Crippen LogP contribution is 2.17. The normalized spacial score (nSPS) is 10.6. The average molecular weight is 295 g/mol. The van der Waals surface area contributed by atoms with E-state index in [1.165, 1.54) is 4.88 Å². The number of carbonyl (C=O) groups excluding carboxylic acids is 1. The second-order valence-corrected chi connectivity index (χ2v) is 5.77. The van der Waals surface area contributed by atoms with E-state index < -0.39 is 0 Å². The molecule has 4 heteroatoms. The van der Waals surface area contributed by atoms with Crippen molar-refractivity contribution >= 4 is 28.7 Å². The van der Waals surface area contributed by atoms with E-state index in [-0.39, 0.29) is 12.4 Å². The predicted octanol–water partition coefficient (Wildman–Crippen LogP) is 4.36. The molecule has 0 unspecified atom stereocenters. The first-order valence-corrected chi connectivity index (χ1v) is 7.32. The van der Waals surface area contributed by atoms with Crippen LogP contribution in [0.15, 0.2) is 36.4 Å². The summed E-state index contributed by atoms with van der Waals surface area (Å²) in [6.45, 7) is 2.62. The molecule has 1 aromatic carbocycles. The minimum Gasteiger partial charge on any atom is -0.369 e. The Balaban J connectivity index is 1.82. The molecule has 0 aliphatic carbocycles. The number of rotatable bonds is 6. The van der Waals surface area contributed by atoms with E-state index >= 15 is 0 Å². The largest absolute Gasteiger partial charge is 0.369 e. The minimum absolute atomic E-state index is 0.0404. The number of hydrogen-bond donors (Lipinski definition) is 0. The van der Waals surface area contributed by atoms with Crippen molar-refractivity contribution in [1.82, 2.24) is 0 Å². The van der Waals surface area contributed by atoms with Gasteiger partial charge in [-0.25, -0.2) is 0 Å². The summed E-state index contributed by atoms with van der Waals surface area (Å²) < 4.78 is 5.43. The van der Waals surface area contributed by atoms with Crippen molar-refractivity contribution in [3.05, 3.63) is 56.7 Å². The Kier molecular flexibility index (Phi) is 5.14. The molecule has 0 N–H and O–H groups in total. The Bertz CT molecular complexity index is 546. The van der Waals surface area contributed by atoms with Gasteiger partial charge in [0.15, 0.2) is 5.78 Å². The van der Waals surface area contributed by atoms with Gasteiger partial charge in [0.1, 0.15) is 6.61 Å². The van der Waals surface area contributed by atoms with Crippen molar-refractivity contribution < 1.29 is 9.53 Å². The van der Waals surface area contributed by atoms with E-state index in [4.69, 9.17) is 16.3 Å². The molecule has 0 spiro atoms. The molecule has 0 saturated carbocycles. The van der Waals surface area contributed by atoms with Gasteiger partial charge in [-0.3, -0.25) is 4.79 Å². The molecule has 0 saturated heterocycles. The van der Waals surface area contributed by atoms with Gasteiger partial charge >= 0.3 is 0 Å². The predicted molar refractivity (Wildman–Crippen MR) is 79.1 cm³/mol. The average Bonchev–Trinajstić information content (AvgIpc) is 2.90. The lowest BCUT2D eigenvalue weighted by atomic mass is 10.2. The first kappa shape index (κ1) is 14.3. The van der Waals surface area contributed by atoms with Crippen LogP contribution >= 0.6 is 22.9 Å². The number of ether oxygens (including phenoxy) is 1. The molecule has 0 aliphatic rings. The molecule has 2 rings (SSSR count). The summed E-state index contributed by atoms with van der Waals surface area (Å²) in [6, 6.07) is 11.3. The summed E-state index contributed by atoms with van der Waals surface area (Å²) in [5, 5.41) is 0.700. The van der Waals surface area contributed by atoms with Gasteiger partial charge in [0.25, 0.3) is 0 Å². The van der Waals surface area contributed by atoms with Crippen LogP contribution in [0.4, 0.5) is 0 Å². The van der Waals surface area contributed by atoms with E-state index in [1.54, 1.807) is 11.3 Å². The Labute approximate surface area is 122 Å². The highest BCUT2D eigenvalue weighted by atomic mass is 35.5. The number of thiophene rings is 1. The monoisotopic (exact) mass is 294 g/mol. The van der Waals surface area contributed by atoms with Gasteiger partial charge in [0.05, 0.1) is 11.5 Å². The summed E-state index contributed by atoms with van der Waals surface area (Å²) in [7, 11) is 0. The van der Waals surface area contributed by atoms with Crippen molar-refractivity contribution in [2.75, 3.05) is 6.61 Å².